The first kappa shape index (κ1) is 14.7. The number of rotatable bonds is 5. The normalized spacial score (nSPS) is 19.5. The van der Waals surface area contributed by atoms with Gasteiger partial charge in [0.25, 0.3) is 5.91 Å². The van der Waals surface area contributed by atoms with E-state index in [4.69, 9.17) is 10.5 Å². The van der Waals surface area contributed by atoms with Gasteiger partial charge >= 0.3 is 0 Å². The van der Waals surface area contributed by atoms with E-state index in [1.165, 1.54) is 11.3 Å². The van der Waals surface area contributed by atoms with Crippen LogP contribution in [0.5, 0.6) is 0 Å². The molecule has 5 nitrogen and oxygen atoms in total. The Kier molecular flexibility index (Phi) is 4.35. The zero-order valence-corrected chi connectivity index (χ0v) is 13.2. The number of ether oxygens (including phenoxy) is 1. The highest BCUT2D eigenvalue weighted by Gasteiger charge is 2.26. The Bertz CT molecular complexity index is 507. The van der Waals surface area contributed by atoms with E-state index < -0.39 is 0 Å². The summed E-state index contributed by atoms with van der Waals surface area (Å²) < 4.78 is 5.40. The summed E-state index contributed by atoms with van der Waals surface area (Å²) in [6.45, 7) is 2.72. The van der Waals surface area contributed by atoms with Crippen LogP contribution in [0, 0.1) is 5.92 Å². The number of carbonyl (C=O) groups is 1. The van der Waals surface area contributed by atoms with Crippen LogP contribution in [0.25, 0.3) is 0 Å². The van der Waals surface area contributed by atoms with Gasteiger partial charge in [-0.25, -0.2) is 0 Å². The number of hydrogen-bond acceptors (Lipinski definition) is 5. The molecule has 0 bridgehead atoms. The number of amides is 1. The van der Waals surface area contributed by atoms with Crippen LogP contribution in [0.1, 0.15) is 35.4 Å². The van der Waals surface area contributed by atoms with Gasteiger partial charge in [-0.05, 0) is 37.7 Å². The summed E-state index contributed by atoms with van der Waals surface area (Å²) in [6, 6.07) is 2.29. The van der Waals surface area contributed by atoms with Gasteiger partial charge in [-0.3, -0.25) is 4.79 Å². The van der Waals surface area contributed by atoms with Gasteiger partial charge in [-0.2, -0.15) is 0 Å². The largest absolute Gasteiger partial charge is 0.397 e. The van der Waals surface area contributed by atoms with Crippen LogP contribution >= 0.6 is 11.3 Å². The summed E-state index contributed by atoms with van der Waals surface area (Å²) >= 11 is 1.49. The molecule has 21 heavy (non-hydrogen) atoms. The van der Waals surface area contributed by atoms with Crippen molar-refractivity contribution in [1.29, 1.82) is 0 Å². The van der Waals surface area contributed by atoms with Crippen molar-refractivity contribution in [2.24, 2.45) is 5.92 Å². The second-order valence-electron chi connectivity index (χ2n) is 6.05. The van der Waals surface area contributed by atoms with Crippen molar-refractivity contribution in [1.82, 2.24) is 5.32 Å². The zero-order valence-electron chi connectivity index (χ0n) is 12.4. The first-order chi connectivity index (χ1) is 10.1. The molecule has 1 saturated heterocycles. The second kappa shape index (κ2) is 6.23. The molecule has 1 aromatic rings. The second-order valence-corrected chi connectivity index (χ2v) is 7.08. The lowest BCUT2D eigenvalue weighted by Crippen LogP contribution is -2.29. The van der Waals surface area contributed by atoms with E-state index >= 15 is 0 Å². The van der Waals surface area contributed by atoms with Crippen LogP contribution < -0.4 is 16.0 Å². The van der Waals surface area contributed by atoms with Gasteiger partial charge in [-0.1, -0.05) is 0 Å². The van der Waals surface area contributed by atoms with Crippen molar-refractivity contribution in [3.05, 3.63) is 10.9 Å². The third-order valence-electron chi connectivity index (χ3n) is 4.12. The lowest BCUT2D eigenvalue weighted by Gasteiger charge is -2.27. The summed E-state index contributed by atoms with van der Waals surface area (Å²) in [7, 11) is 2.07. The Morgan fingerprint density at radius 1 is 1.43 bits per heavy atom. The monoisotopic (exact) mass is 309 g/mol. The molecular weight excluding hydrogens is 286 g/mol. The van der Waals surface area contributed by atoms with Gasteiger partial charge in [0, 0.05) is 32.8 Å². The molecule has 0 atom stereocenters. The number of nitrogens with two attached hydrogens (primary N) is 1. The van der Waals surface area contributed by atoms with Crippen molar-refractivity contribution in [2.75, 3.05) is 37.4 Å². The number of nitrogens with zero attached hydrogens (tertiary/aromatic N) is 1. The highest BCUT2D eigenvalue weighted by atomic mass is 32.1. The standard InChI is InChI=1S/C15H23N3O2S/c1-18(9-10-4-6-20-7-5-10)13-8-12(16)14(21-13)15(19)17-11-2-3-11/h8,10-11H,2-7,9,16H2,1H3,(H,17,19). The summed E-state index contributed by atoms with van der Waals surface area (Å²) in [5.41, 5.74) is 6.60. The fraction of sp³-hybridized carbons (Fsp3) is 0.667. The molecule has 116 valence electrons. The molecule has 0 aromatic carbocycles. The predicted octanol–water partition coefficient (Wildman–Crippen LogP) is 2.09. The summed E-state index contributed by atoms with van der Waals surface area (Å²) in [5, 5.41) is 4.07. The quantitative estimate of drug-likeness (QED) is 0.874. The van der Waals surface area contributed by atoms with Gasteiger partial charge in [0.15, 0.2) is 0 Å². The fourth-order valence-corrected chi connectivity index (χ4v) is 3.60. The lowest BCUT2D eigenvalue weighted by atomic mass is 10.00. The topological polar surface area (TPSA) is 67.6 Å². The van der Waals surface area contributed by atoms with Crippen molar-refractivity contribution >= 4 is 27.9 Å². The van der Waals surface area contributed by atoms with E-state index in [0.29, 0.717) is 22.5 Å². The van der Waals surface area contributed by atoms with Gasteiger partial charge in [0.2, 0.25) is 0 Å². The minimum absolute atomic E-state index is 0.0225. The van der Waals surface area contributed by atoms with Crippen LogP contribution in [0.4, 0.5) is 10.7 Å². The van der Waals surface area contributed by atoms with Crippen LogP contribution in [-0.4, -0.2) is 38.8 Å². The summed E-state index contributed by atoms with van der Waals surface area (Å²) in [4.78, 5) is 15.0. The van der Waals surface area contributed by atoms with E-state index in [0.717, 1.165) is 50.4 Å². The maximum Gasteiger partial charge on any atom is 0.263 e. The Balaban J connectivity index is 1.62. The predicted molar refractivity (Wildman–Crippen MR) is 86.0 cm³/mol. The Hall–Kier alpha value is -1.27. The van der Waals surface area contributed by atoms with Crippen LogP contribution in [0.3, 0.4) is 0 Å². The Labute approximate surface area is 129 Å². The van der Waals surface area contributed by atoms with E-state index in [2.05, 4.69) is 17.3 Å². The summed E-state index contributed by atoms with van der Waals surface area (Å²) in [5.74, 6) is 0.640. The van der Waals surface area contributed by atoms with E-state index in [1.807, 2.05) is 6.07 Å². The minimum Gasteiger partial charge on any atom is -0.397 e. The van der Waals surface area contributed by atoms with Crippen molar-refractivity contribution in [2.45, 2.75) is 31.7 Å². The van der Waals surface area contributed by atoms with Crippen LogP contribution in [-0.2, 0) is 4.74 Å². The number of hydrogen-bond donors (Lipinski definition) is 2. The maximum absolute atomic E-state index is 12.1. The molecule has 0 unspecified atom stereocenters. The molecule has 2 fully saturated rings. The first-order valence-electron chi connectivity index (χ1n) is 7.62. The molecule has 3 rings (SSSR count). The first-order valence-corrected chi connectivity index (χ1v) is 8.44. The third-order valence-corrected chi connectivity index (χ3v) is 5.38. The van der Waals surface area contributed by atoms with E-state index in [9.17, 15) is 4.79 Å². The average molecular weight is 309 g/mol. The number of thiophene rings is 1. The van der Waals surface area contributed by atoms with Gasteiger partial charge in [-0.15, -0.1) is 11.3 Å². The SMILES string of the molecule is CN(CC1CCOCC1)c1cc(N)c(C(=O)NC2CC2)s1. The van der Waals surface area contributed by atoms with Crippen molar-refractivity contribution in [3.63, 3.8) is 0 Å². The molecule has 1 aromatic heterocycles. The molecule has 3 N–H and O–H groups in total. The van der Waals surface area contributed by atoms with Gasteiger partial charge < -0.3 is 20.7 Å². The lowest BCUT2D eigenvalue weighted by molar-refractivity contribution is 0.0685. The fourth-order valence-electron chi connectivity index (χ4n) is 2.64. The Morgan fingerprint density at radius 3 is 2.81 bits per heavy atom. The van der Waals surface area contributed by atoms with Gasteiger partial charge in [0.05, 0.1) is 10.7 Å². The Morgan fingerprint density at radius 2 is 2.14 bits per heavy atom. The molecule has 1 saturated carbocycles. The molecule has 2 heterocycles. The van der Waals surface area contributed by atoms with Crippen LogP contribution in [0.15, 0.2) is 6.07 Å². The highest BCUT2D eigenvalue weighted by molar-refractivity contribution is 7.18. The van der Waals surface area contributed by atoms with E-state index in [-0.39, 0.29) is 5.91 Å². The molecule has 1 aliphatic carbocycles. The molecule has 2 aliphatic rings. The number of anilines is 2. The number of nitrogens with one attached hydrogen (secondary N) is 1. The van der Waals surface area contributed by atoms with Crippen LogP contribution in [0.2, 0.25) is 0 Å². The molecule has 1 amide bonds. The highest BCUT2D eigenvalue weighted by Crippen LogP contribution is 2.33. The number of nitrogen functional groups attached to an aromatic ring is 1. The van der Waals surface area contributed by atoms with Crippen molar-refractivity contribution < 1.29 is 9.53 Å². The molecule has 0 spiro atoms. The maximum atomic E-state index is 12.1. The molecule has 6 heteroatoms. The third kappa shape index (κ3) is 3.68. The number of carbonyl (C=O) groups excluding carboxylic acids is 1. The smallest absolute Gasteiger partial charge is 0.263 e. The van der Waals surface area contributed by atoms with Gasteiger partial charge in [0.1, 0.15) is 4.88 Å². The van der Waals surface area contributed by atoms with Crippen molar-refractivity contribution in [3.8, 4) is 0 Å². The minimum atomic E-state index is -0.0225. The average Bonchev–Trinajstić information content (AvgIpc) is 3.19. The zero-order chi connectivity index (χ0) is 14.8. The molecule has 0 radical (unpaired) electrons. The molecule has 1 aliphatic heterocycles. The molecular formula is C15H23N3O2S. The summed E-state index contributed by atoms with van der Waals surface area (Å²) in [6.07, 6.45) is 4.40. The van der Waals surface area contributed by atoms with E-state index in [1.54, 1.807) is 0 Å².